The Morgan fingerprint density at radius 3 is 2.52 bits per heavy atom. The third-order valence-corrected chi connectivity index (χ3v) is 11.7. The lowest BCUT2D eigenvalue weighted by atomic mass is 9.52. The zero-order valence-electron chi connectivity index (χ0n) is 19.7. The van der Waals surface area contributed by atoms with Gasteiger partial charge in [0.25, 0.3) is 0 Å². The van der Waals surface area contributed by atoms with Crippen LogP contribution in [0.1, 0.15) is 78.6 Å². The Labute approximate surface area is 187 Å². The highest BCUT2D eigenvalue weighted by Crippen LogP contribution is 2.66. The molecule has 6 fully saturated rings. The first-order valence-electron chi connectivity index (χ1n) is 13.2. The Bertz CT molecular complexity index is 791. The number of hydrogen-bond acceptors (Lipinski definition) is 4. The van der Waals surface area contributed by atoms with E-state index in [0.29, 0.717) is 66.0 Å². The molecule has 0 aromatic rings. The van der Waals surface area contributed by atoms with Gasteiger partial charge in [-0.2, -0.15) is 0 Å². The number of carbonyl (C=O) groups excluding carboxylic acids is 2. The minimum absolute atomic E-state index is 0.0206. The fraction of sp³-hybridized carbons (Fsp3) is 0.926. The summed E-state index contributed by atoms with van der Waals surface area (Å²) in [6.45, 7) is 9.15. The minimum atomic E-state index is -0.582. The lowest BCUT2D eigenvalue weighted by Crippen LogP contribution is -2.67. The molecule has 4 aliphatic carbocycles. The van der Waals surface area contributed by atoms with E-state index in [-0.39, 0.29) is 11.3 Å². The smallest absolute Gasteiger partial charge is 0.137 e. The van der Waals surface area contributed by atoms with E-state index >= 15 is 0 Å². The van der Waals surface area contributed by atoms with Crippen LogP contribution in [0.25, 0.3) is 0 Å². The van der Waals surface area contributed by atoms with Crippen LogP contribution in [0.5, 0.6) is 0 Å². The summed E-state index contributed by atoms with van der Waals surface area (Å²) in [7, 11) is 0. The van der Waals surface area contributed by atoms with Gasteiger partial charge in [0, 0.05) is 44.3 Å². The van der Waals surface area contributed by atoms with Crippen molar-refractivity contribution in [1.82, 2.24) is 4.90 Å². The Morgan fingerprint density at radius 1 is 0.903 bits per heavy atom. The predicted octanol–water partition coefficient (Wildman–Crippen LogP) is 4.09. The molecule has 0 aromatic heterocycles. The van der Waals surface area contributed by atoms with E-state index in [4.69, 9.17) is 0 Å². The molecule has 0 aromatic carbocycles. The zero-order valence-corrected chi connectivity index (χ0v) is 19.7. The van der Waals surface area contributed by atoms with Gasteiger partial charge in [0.15, 0.2) is 0 Å². The summed E-state index contributed by atoms with van der Waals surface area (Å²) < 4.78 is 0. The van der Waals surface area contributed by atoms with Crippen LogP contribution >= 0.6 is 0 Å². The number of rotatable bonds is 0. The van der Waals surface area contributed by atoms with Gasteiger partial charge in [-0.25, -0.2) is 0 Å². The summed E-state index contributed by atoms with van der Waals surface area (Å²) in [4.78, 5) is 28.0. The van der Waals surface area contributed by atoms with Crippen LogP contribution in [-0.4, -0.2) is 46.3 Å². The lowest BCUT2D eigenvalue weighted by molar-refractivity contribution is -0.175. The Hall–Kier alpha value is -0.740. The van der Waals surface area contributed by atoms with Crippen molar-refractivity contribution in [2.24, 2.45) is 52.8 Å². The molecule has 6 aliphatic rings. The summed E-state index contributed by atoms with van der Waals surface area (Å²) in [5, 5.41) is 11.8. The van der Waals surface area contributed by atoms with E-state index in [1.54, 1.807) is 0 Å². The Kier molecular flexibility index (Phi) is 4.63. The van der Waals surface area contributed by atoms with E-state index < -0.39 is 5.60 Å². The van der Waals surface area contributed by atoms with Crippen LogP contribution in [0.3, 0.4) is 0 Å². The average Bonchev–Trinajstić information content (AvgIpc) is 3.09. The first-order chi connectivity index (χ1) is 14.7. The molecular weight excluding hydrogens is 386 g/mol. The molecule has 4 saturated carbocycles. The highest BCUT2D eigenvalue weighted by atomic mass is 16.3. The van der Waals surface area contributed by atoms with Crippen LogP contribution in [0, 0.1) is 52.8 Å². The maximum atomic E-state index is 13.2. The number of hydrogen-bond donors (Lipinski definition) is 1. The number of carbonyl (C=O) groups is 2. The summed E-state index contributed by atoms with van der Waals surface area (Å²) in [6, 6.07) is 0.331. The number of fused-ring (bicyclic) bond motifs is 8. The molecule has 0 spiro atoms. The molecule has 2 heterocycles. The number of nitrogens with zero attached hydrogens (tertiary/aromatic N) is 1. The maximum absolute atomic E-state index is 13.2. The molecule has 0 unspecified atom stereocenters. The number of Topliss-reactive ketones (excluding diaryl/α,β-unsaturated/α-hetero) is 2. The molecule has 6 rings (SSSR count). The van der Waals surface area contributed by atoms with Crippen LogP contribution in [-0.2, 0) is 9.59 Å². The van der Waals surface area contributed by atoms with Crippen molar-refractivity contribution >= 4 is 11.6 Å². The van der Waals surface area contributed by atoms with E-state index in [0.717, 1.165) is 44.7 Å². The van der Waals surface area contributed by atoms with Gasteiger partial charge in [-0.1, -0.05) is 13.8 Å². The van der Waals surface area contributed by atoms with Crippen molar-refractivity contribution in [2.75, 3.05) is 13.1 Å². The third-order valence-electron chi connectivity index (χ3n) is 11.7. The van der Waals surface area contributed by atoms with Gasteiger partial charge in [-0.3, -0.25) is 14.5 Å². The minimum Gasteiger partial charge on any atom is -0.388 e. The van der Waals surface area contributed by atoms with Gasteiger partial charge in [0.1, 0.15) is 11.6 Å². The van der Waals surface area contributed by atoms with Crippen LogP contribution in [0.2, 0.25) is 0 Å². The molecule has 172 valence electrons. The monoisotopic (exact) mass is 427 g/mol. The highest BCUT2D eigenvalue weighted by molar-refractivity contribution is 5.90. The first kappa shape index (κ1) is 20.8. The average molecular weight is 428 g/mol. The van der Waals surface area contributed by atoms with Crippen LogP contribution in [0.4, 0.5) is 0 Å². The van der Waals surface area contributed by atoms with Gasteiger partial charge in [0.2, 0.25) is 0 Å². The zero-order chi connectivity index (χ0) is 21.7. The molecular formula is C27H41NO3. The summed E-state index contributed by atoms with van der Waals surface area (Å²) in [5.74, 6) is 4.81. The summed E-state index contributed by atoms with van der Waals surface area (Å²) in [5.41, 5.74) is -0.554. The summed E-state index contributed by atoms with van der Waals surface area (Å²) in [6.07, 6.45) is 8.75. The van der Waals surface area contributed by atoms with Gasteiger partial charge in [-0.05, 0) is 92.3 Å². The van der Waals surface area contributed by atoms with Crippen LogP contribution < -0.4 is 0 Å². The molecule has 0 radical (unpaired) electrons. The molecule has 4 heteroatoms. The van der Waals surface area contributed by atoms with E-state index in [1.165, 1.54) is 19.3 Å². The van der Waals surface area contributed by atoms with Gasteiger partial charge in [-0.15, -0.1) is 0 Å². The second kappa shape index (κ2) is 6.88. The molecule has 11 atom stereocenters. The number of ketones is 2. The maximum Gasteiger partial charge on any atom is 0.137 e. The largest absolute Gasteiger partial charge is 0.388 e. The molecule has 31 heavy (non-hydrogen) atoms. The second-order valence-corrected chi connectivity index (χ2v) is 13.0. The van der Waals surface area contributed by atoms with E-state index in [2.05, 4.69) is 25.7 Å². The van der Waals surface area contributed by atoms with E-state index in [9.17, 15) is 14.7 Å². The molecule has 0 bridgehead atoms. The lowest BCUT2D eigenvalue weighted by Gasteiger charge is -2.59. The van der Waals surface area contributed by atoms with Crippen molar-refractivity contribution < 1.29 is 14.7 Å². The standard InChI is InChI=1S/C27H41NO3/c1-15-4-7-25-27(3,31)21-6-5-17-18(20(21)14-28(25)13-15)11-22-19(17)12-24(30)23-10-16(29)8-9-26(22,23)2/h15,17-23,25,31H,4-14H2,1-3H3/t15-,17-,18-,19+,20+,21+,22-,23+,25-,26+,27+/m0/s1. The quantitative estimate of drug-likeness (QED) is 0.632. The molecule has 1 N–H and O–H groups in total. The van der Waals surface area contributed by atoms with Crippen LogP contribution in [0.15, 0.2) is 0 Å². The number of piperidine rings is 2. The van der Waals surface area contributed by atoms with Crippen molar-refractivity contribution in [3.05, 3.63) is 0 Å². The third kappa shape index (κ3) is 2.86. The van der Waals surface area contributed by atoms with Crippen molar-refractivity contribution in [2.45, 2.75) is 90.2 Å². The second-order valence-electron chi connectivity index (χ2n) is 13.0. The van der Waals surface area contributed by atoms with Gasteiger partial charge in [0.05, 0.1) is 5.60 Å². The molecule has 0 amide bonds. The molecule has 4 nitrogen and oxygen atoms in total. The highest BCUT2D eigenvalue weighted by Gasteiger charge is 2.64. The molecule has 2 aliphatic heterocycles. The fourth-order valence-electron chi connectivity index (χ4n) is 10.2. The Balaban J connectivity index is 1.31. The van der Waals surface area contributed by atoms with Crippen molar-refractivity contribution in [3.8, 4) is 0 Å². The predicted molar refractivity (Wildman–Crippen MR) is 119 cm³/mol. The Morgan fingerprint density at radius 2 is 1.71 bits per heavy atom. The van der Waals surface area contributed by atoms with Crippen molar-refractivity contribution in [1.29, 1.82) is 0 Å². The SMILES string of the molecule is C[C@H]1CC[C@@H]2N(C1)C[C@@H]1[C@H]3C[C@H]4[C@H](CC(=O)[C@H]5CC(=O)CC[C@@]54C)[C@H]3CC[C@H]1[C@@]2(C)O. The number of aliphatic hydroxyl groups is 1. The van der Waals surface area contributed by atoms with Crippen molar-refractivity contribution in [3.63, 3.8) is 0 Å². The van der Waals surface area contributed by atoms with Gasteiger partial charge < -0.3 is 5.11 Å². The molecule has 2 saturated heterocycles. The summed E-state index contributed by atoms with van der Waals surface area (Å²) >= 11 is 0. The topological polar surface area (TPSA) is 57.6 Å². The van der Waals surface area contributed by atoms with E-state index in [1.807, 2.05) is 0 Å². The van der Waals surface area contributed by atoms with Gasteiger partial charge >= 0.3 is 0 Å². The fourth-order valence-corrected chi connectivity index (χ4v) is 10.2. The normalized spacial score (nSPS) is 56.8. The first-order valence-corrected chi connectivity index (χ1v) is 13.2.